The van der Waals surface area contributed by atoms with E-state index < -0.39 is 36.4 Å². The smallest absolute Gasteiger partial charge is 0.339 e. The second kappa shape index (κ2) is 49.4. The molecule has 7 nitrogen and oxygen atoms in total. The summed E-state index contributed by atoms with van der Waals surface area (Å²) in [4.78, 5) is 39.1. The van der Waals surface area contributed by atoms with Crippen LogP contribution in [0.4, 0.5) is 0 Å². The van der Waals surface area contributed by atoms with E-state index in [0.29, 0.717) is 6.42 Å². The zero-order valence-corrected chi connectivity index (χ0v) is 45.9. The van der Waals surface area contributed by atoms with Gasteiger partial charge in [0, 0.05) is 0 Å². The molecule has 0 saturated carbocycles. The van der Waals surface area contributed by atoms with Crippen LogP contribution in [0.25, 0.3) is 0 Å². The standard InChI is InChI=1S/C60H116O7/c1-54(2)46-40-34-28-22-16-10-7-13-19-25-31-37-43-49-65-57(61)52-60(64,59(63)67-51-45-39-33-27-21-15-9-12-18-24-30-36-42-48-56(5)6)53-58(62)66-50-44-38-32-26-20-14-8-11-17-23-29-35-41-47-55(3)4/h54-56,64H,7-53H2,1-6H3. The average Bonchev–Trinajstić information content (AvgIpc) is 3.28. The number of carbonyl (C=O) groups excluding carboxylic acids is 3. The SMILES string of the molecule is CC(C)CCCCCCCCCCCCCCCOC(=O)CC(O)(CC(=O)OCCCCCCCCCCCCCCCC(C)C)C(=O)OCCCCCCCCCCCCCCCC(C)C. The van der Waals surface area contributed by atoms with Gasteiger partial charge in [-0.3, -0.25) is 9.59 Å². The van der Waals surface area contributed by atoms with Gasteiger partial charge >= 0.3 is 17.9 Å². The Morgan fingerprint density at radius 2 is 0.478 bits per heavy atom. The molecule has 0 aromatic rings. The number of ether oxygens (including phenoxy) is 3. The van der Waals surface area contributed by atoms with E-state index >= 15 is 0 Å². The number of esters is 3. The van der Waals surface area contributed by atoms with E-state index in [9.17, 15) is 19.5 Å². The lowest BCUT2D eigenvalue weighted by Gasteiger charge is -2.24. The molecule has 67 heavy (non-hydrogen) atoms. The van der Waals surface area contributed by atoms with E-state index in [1.165, 1.54) is 212 Å². The summed E-state index contributed by atoms with van der Waals surface area (Å²) in [6.45, 7) is 14.5. The number of aliphatic hydroxyl groups is 1. The maximum atomic E-state index is 13.3. The second-order valence-electron chi connectivity index (χ2n) is 22.3. The predicted molar refractivity (Wildman–Crippen MR) is 285 cm³/mol. The van der Waals surface area contributed by atoms with Crippen LogP contribution in [0.15, 0.2) is 0 Å². The summed E-state index contributed by atoms with van der Waals surface area (Å²) in [7, 11) is 0. The van der Waals surface area contributed by atoms with Gasteiger partial charge in [0.15, 0.2) is 5.60 Å². The highest BCUT2D eigenvalue weighted by atomic mass is 16.6. The highest BCUT2D eigenvalue weighted by Gasteiger charge is 2.43. The number of unbranched alkanes of at least 4 members (excludes halogenated alkanes) is 36. The van der Waals surface area contributed by atoms with E-state index in [-0.39, 0.29) is 19.8 Å². The Kier molecular flexibility index (Phi) is 48.2. The fourth-order valence-electron chi connectivity index (χ4n) is 9.26. The Morgan fingerprint density at radius 3 is 0.687 bits per heavy atom. The molecule has 0 amide bonds. The van der Waals surface area contributed by atoms with Crippen LogP contribution in [0.3, 0.4) is 0 Å². The Labute approximate surface area is 417 Å². The molecule has 0 heterocycles. The largest absolute Gasteiger partial charge is 0.466 e. The number of carbonyl (C=O) groups is 3. The monoisotopic (exact) mass is 949 g/mol. The Bertz CT molecular complexity index is 1020. The van der Waals surface area contributed by atoms with Crippen LogP contribution >= 0.6 is 0 Å². The van der Waals surface area contributed by atoms with Crippen LogP contribution in [-0.4, -0.2) is 48.4 Å². The molecule has 0 aromatic heterocycles. The molecule has 1 N–H and O–H groups in total. The van der Waals surface area contributed by atoms with Gasteiger partial charge in [0.1, 0.15) is 0 Å². The van der Waals surface area contributed by atoms with Gasteiger partial charge in [0.25, 0.3) is 0 Å². The van der Waals surface area contributed by atoms with Crippen LogP contribution in [0.2, 0.25) is 0 Å². The third-order valence-corrected chi connectivity index (χ3v) is 13.8. The van der Waals surface area contributed by atoms with Crippen molar-refractivity contribution in [1.82, 2.24) is 0 Å². The fraction of sp³-hybridized carbons (Fsp3) is 0.950. The van der Waals surface area contributed by atoms with Gasteiger partial charge in [0.05, 0.1) is 32.7 Å². The summed E-state index contributed by atoms with van der Waals surface area (Å²) < 4.78 is 16.4. The average molecular weight is 950 g/mol. The summed E-state index contributed by atoms with van der Waals surface area (Å²) in [6.07, 6.45) is 50.9. The molecule has 0 aromatic carbocycles. The molecule has 0 saturated heterocycles. The molecular weight excluding hydrogens is 833 g/mol. The molecule has 0 radical (unpaired) electrons. The van der Waals surface area contributed by atoms with Gasteiger partial charge in [0.2, 0.25) is 0 Å². The summed E-state index contributed by atoms with van der Waals surface area (Å²) in [5.41, 5.74) is -2.30. The van der Waals surface area contributed by atoms with Gasteiger partial charge in [-0.1, -0.05) is 292 Å². The molecule has 0 spiro atoms. The summed E-state index contributed by atoms with van der Waals surface area (Å²) in [6, 6.07) is 0. The molecule has 0 bridgehead atoms. The van der Waals surface area contributed by atoms with Gasteiger partial charge in [-0.15, -0.1) is 0 Å². The molecule has 0 atom stereocenters. The summed E-state index contributed by atoms with van der Waals surface area (Å²) in [5, 5.41) is 11.5. The number of hydrogen-bond donors (Lipinski definition) is 1. The van der Waals surface area contributed by atoms with Crippen molar-refractivity contribution in [3.05, 3.63) is 0 Å². The topological polar surface area (TPSA) is 99.1 Å². The van der Waals surface area contributed by atoms with E-state index in [0.717, 1.165) is 69.1 Å². The van der Waals surface area contributed by atoms with Gasteiger partial charge in [-0.25, -0.2) is 4.79 Å². The van der Waals surface area contributed by atoms with Crippen molar-refractivity contribution < 1.29 is 33.7 Å². The minimum atomic E-state index is -2.30. The van der Waals surface area contributed by atoms with E-state index in [1.54, 1.807) is 0 Å². The third kappa shape index (κ3) is 49.2. The van der Waals surface area contributed by atoms with Gasteiger partial charge in [-0.2, -0.15) is 0 Å². The Hall–Kier alpha value is -1.63. The molecule has 0 rings (SSSR count). The van der Waals surface area contributed by atoms with Crippen molar-refractivity contribution in [2.75, 3.05) is 19.8 Å². The highest BCUT2D eigenvalue weighted by Crippen LogP contribution is 2.22. The summed E-state index contributed by atoms with van der Waals surface area (Å²) >= 11 is 0. The number of hydrogen-bond acceptors (Lipinski definition) is 7. The minimum Gasteiger partial charge on any atom is -0.466 e. The third-order valence-electron chi connectivity index (χ3n) is 13.8. The van der Waals surface area contributed by atoms with Crippen LogP contribution in [0, 0.1) is 17.8 Å². The molecule has 398 valence electrons. The zero-order chi connectivity index (χ0) is 49.3. The van der Waals surface area contributed by atoms with Crippen molar-refractivity contribution in [2.24, 2.45) is 17.8 Å². The first-order valence-corrected chi connectivity index (χ1v) is 29.7. The first-order valence-electron chi connectivity index (χ1n) is 29.7. The molecule has 0 unspecified atom stereocenters. The Balaban J connectivity index is 4.45. The van der Waals surface area contributed by atoms with Crippen LogP contribution in [0.1, 0.15) is 324 Å². The van der Waals surface area contributed by atoms with Crippen LogP contribution < -0.4 is 0 Å². The minimum absolute atomic E-state index is 0.152. The molecule has 7 heteroatoms. The van der Waals surface area contributed by atoms with Crippen LogP contribution in [0.5, 0.6) is 0 Å². The molecule has 0 aliphatic rings. The van der Waals surface area contributed by atoms with Crippen molar-refractivity contribution in [3.8, 4) is 0 Å². The maximum absolute atomic E-state index is 13.3. The van der Waals surface area contributed by atoms with Gasteiger partial charge in [-0.05, 0) is 37.0 Å². The Morgan fingerprint density at radius 1 is 0.299 bits per heavy atom. The first kappa shape index (κ1) is 65.4. The normalized spacial score (nSPS) is 11.9. The van der Waals surface area contributed by atoms with Crippen molar-refractivity contribution in [3.63, 3.8) is 0 Å². The van der Waals surface area contributed by atoms with E-state index in [2.05, 4.69) is 41.5 Å². The molecule has 0 aliphatic heterocycles. The molecule has 0 fully saturated rings. The fourth-order valence-corrected chi connectivity index (χ4v) is 9.26. The van der Waals surface area contributed by atoms with Crippen molar-refractivity contribution in [2.45, 2.75) is 330 Å². The first-order chi connectivity index (χ1) is 32.5. The molecular formula is C60H116O7. The van der Waals surface area contributed by atoms with Crippen molar-refractivity contribution in [1.29, 1.82) is 0 Å². The second-order valence-corrected chi connectivity index (χ2v) is 22.3. The van der Waals surface area contributed by atoms with E-state index in [4.69, 9.17) is 14.2 Å². The maximum Gasteiger partial charge on any atom is 0.339 e. The van der Waals surface area contributed by atoms with E-state index in [1.807, 2.05) is 0 Å². The zero-order valence-electron chi connectivity index (χ0n) is 45.9. The number of rotatable bonds is 53. The lowest BCUT2D eigenvalue weighted by molar-refractivity contribution is -0.178. The molecule has 0 aliphatic carbocycles. The predicted octanol–water partition coefficient (Wildman–Crippen LogP) is 18.5. The lowest BCUT2D eigenvalue weighted by atomic mass is 9.95. The quantitative estimate of drug-likeness (QED) is 0.0368. The lowest BCUT2D eigenvalue weighted by Crippen LogP contribution is -2.45. The van der Waals surface area contributed by atoms with Crippen LogP contribution in [-0.2, 0) is 28.6 Å². The summed E-state index contributed by atoms with van der Waals surface area (Å²) in [5.74, 6) is 0.161. The van der Waals surface area contributed by atoms with Crippen molar-refractivity contribution >= 4 is 17.9 Å². The highest BCUT2D eigenvalue weighted by molar-refractivity contribution is 5.90. The van der Waals surface area contributed by atoms with Gasteiger partial charge < -0.3 is 19.3 Å².